The molecule has 0 aliphatic rings. The van der Waals surface area contributed by atoms with Crippen molar-refractivity contribution in [3.05, 3.63) is 72.1 Å². The zero-order valence-electron chi connectivity index (χ0n) is 12.3. The first-order valence-corrected chi connectivity index (χ1v) is 6.83. The van der Waals surface area contributed by atoms with Crippen LogP contribution in [-0.4, -0.2) is 19.1 Å². The molecule has 0 aliphatic carbocycles. The Balaban J connectivity index is 1.97. The predicted octanol–water partition coefficient (Wildman–Crippen LogP) is 2.88. The Kier molecular flexibility index (Phi) is 5.70. The topological polar surface area (TPSA) is 40.2 Å². The molecule has 0 unspecified atom stereocenters. The number of hydrogen-bond acceptors (Lipinski definition) is 4. The van der Waals surface area contributed by atoms with Crippen LogP contribution >= 0.6 is 0 Å². The molecule has 0 fully saturated rings. The minimum absolute atomic E-state index is 1.06. The summed E-state index contributed by atoms with van der Waals surface area (Å²) in [6.07, 6.45) is 11.8. The highest BCUT2D eigenvalue weighted by atomic mass is 15.7. The molecular weight excluding hydrogens is 260 g/mol. The number of hydrazine groups is 2. The first kappa shape index (κ1) is 15.0. The van der Waals surface area contributed by atoms with Crippen molar-refractivity contribution < 1.29 is 0 Å². The van der Waals surface area contributed by atoms with E-state index in [1.807, 2.05) is 43.5 Å². The summed E-state index contributed by atoms with van der Waals surface area (Å²) in [4.78, 5) is 3.99. The lowest BCUT2D eigenvalue weighted by molar-refractivity contribution is 0.624. The van der Waals surface area contributed by atoms with Crippen LogP contribution < -0.4 is 16.0 Å². The van der Waals surface area contributed by atoms with Crippen LogP contribution in [0.15, 0.2) is 60.9 Å². The molecule has 0 bridgehead atoms. The summed E-state index contributed by atoms with van der Waals surface area (Å²) < 4.78 is 0. The van der Waals surface area contributed by atoms with Gasteiger partial charge < -0.3 is 0 Å². The van der Waals surface area contributed by atoms with Crippen LogP contribution in [0.1, 0.15) is 11.1 Å². The fourth-order valence-corrected chi connectivity index (χ4v) is 1.91. The van der Waals surface area contributed by atoms with Crippen LogP contribution in [0.25, 0.3) is 12.2 Å². The molecule has 0 aliphatic heterocycles. The van der Waals surface area contributed by atoms with Crippen molar-refractivity contribution in [3.8, 4) is 0 Å². The molecule has 0 amide bonds. The third-order valence-corrected chi connectivity index (χ3v) is 2.99. The lowest BCUT2D eigenvalue weighted by Crippen LogP contribution is -2.44. The van der Waals surface area contributed by atoms with E-state index in [9.17, 15) is 0 Å². The SMILES string of the molecule is CNN(NC)c1ccc(/C=C/C=C/c2ccncc2)cc1. The summed E-state index contributed by atoms with van der Waals surface area (Å²) in [6, 6.07) is 12.2. The number of rotatable bonds is 6. The van der Waals surface area contributed by atoms with Crippen molar-refractivity contribution >= 4 is 17.8 Å². The van der Waals surface area contributed by atoms with Crippen molar-refractivity contribution in [1.82, 2.24) is 15.8 Å². The Morgan fingerprint density at radius 3 is 1.86 bits per heavy atom. The van der Waals surface area contributed by atoms with Crippen LogP contribution in [0.4, 0.5) is 5.69 Å². The van der Waals surface area contributed by atoms with Crippen LogP contribution in [0, 0.1) is 0 Å². The molecule has 0 saturated carbocycles. The highest BCUT2D eigenvalue weighted by molar-refractivity contribution is 5.59. The summed E-state index contributed by atoms with van der Waals surface area (Å²) in [7, 11) is 3.74. The van der Waals surface area contributed by atoms with E-state index in [1.165, 1.54) is 0 Å². The second kappa shape index (κ2) is 7.99. The van der Waals surface area contributed by atoms with Gasteiger partial charge in [0.2, 0.25) is 0 Å². The Hall–Kier alpha value is -2.43. The van der Waals surface area contributed by atoms with Crippen molar-refractivity contribution in [2.75, 3.05) is 19.2 Å². The van der Waals surface area contributed by atoms with Gasteiger partial charge in [-0.15, -0.1) is 0 Å². The number of aromatic nitrogens is 1. The first-order chi connectivity index (χ1) is 10.3. The molecule has 1 aromatic carbocycles. The molecule has 0 saturated heterocycles. The van der Waals surface area contributed by atoms with Crippen LogP contribution in [-0.2, 0) is 0 Å². The molecule has 4 heteroatoms. The smallest absolute Gasteiger partial charge is 0.0702 e. The summed E-state index contributed by atoms with van der Waals surface area (Å²) >= 11 is 0. The van der Waals surface area contributed by atoms with Gasteiger partial charge in [0.25, 0.3) is 0 Å². The standard InChI is InChI=1S/C17H20N4/c1-18-21(19-2)17-9-7-15(8-10-17)5-3-4-6-16-11-13-20-14-12-16/h3-14,18-19H,1-2H3/b5-3+,6-4+. The third kappa shape index (κ3) is 4.56. The van der Waals surface area contributed by atoms with Gasteiger partial charge in [-0.05, 0) is 35.4 Å². The van der Waals surface area contributed by atoms with Crippen LogP contribution in [0.2, 0.25) is 0 Å². The summed E-state index contributed by atoms with van der Waals surface area (Å²) in [6.45, 7) is 0. The van der Waals surface area contributed by atoms with Crippen LogP contribution in [0.5, 0.6) is 0 Å². The van der Waals surface area contributed by atoms with E-state index in [1.54, 1.807) is 12.4 Å². The second-order valence-corrected chi connectivity index (χ2v) is 4.37. The average Bonchev–Trinajstić information content (AvgIpc) is 2.55. The van der Waals surface area contributed by atoms with Gasteiger partial charge in [-0.2, -0.15) is 0 Å². The molecule has 0 spiro atoms. The molecule has 2 rings (SSSR count). The average molecular weight is 280 g/mol. The molecular formula is C17H20N4. The van der Waals surface area contributed by atoms with Gasteiger partial charge in [-0.25, -0.2) is 16.0 Å². The molecule has 0 atom stereocenters. The van der Waals surface area contributed by atoms with E-state index in [0.29, 0.717) is 0 Å². The number of hydrogen-bond donors (Lipinski definition) is 2. The van der Waals surface area contributed by atoms with Gasteiger partial charge in [0.1, 0.15) is 0 Å². The normalized spacial score (nSPS) is 11.3. The van der Waals surface area contributed by atoms with Gasteiger partial charge in [0.05, 0.1) is 5.69 Å². The van der Waals surface area contributed by atoms with Crippen molar-refractivity contribution in [3.63, 3.8) is 0 Å². The van der Waals surface area contributed by atoms with E-state index in [-0.39, 0.29) is 0 Å². The Morgan fingerprint density at radius 2 is 1.33 bits per heavy atom. The summed E-state index contributed by atoms with van der Waals surface area (Å²) in [5.74, 6) is 0. The quantitative estimate of drug-likeness (QED) is 0.630. The van der Waals surface area contributed by atoms with Crippen LogP contribution in [0.3, 0.4) is 0 Å². The number of pyridine rings is 1. The first-order valence-electron chi connectivity index (χ1n) is 6.83. The van der Waals surface area contributed by atoms with Gasteiger partial charge >= 0.3 is 0 Å². The molecule has 2 N–H and O–H groups in total. The highest BCUT2D eigenvalue weighted by Gasteiger charge is 1.99. The minimum atomic E-state index is 1.06. The van der Waals surface area contributed by atoms with Gasteiger partial charge in [-0.3, -0.25) is 4.98 Å². The van der Waals surface area contributed by atoms with Crippen molar-refractivity contribution in [2.45, 2.75) is 0 Å². The molecule has 21 heavy (non-hydrogen) atoms. The number of allylic oxidation sites excluding steroid dienone is 2. The zero-order valence-corrected chi connectivity index (χ0v) is 12.3. The van der Waals surface area contributed by atoms with E-state index < -0.39 is 0 Å². The number of anilines is 1. The summed E-state index contributed by atoms with van der Waals surface area (Å²) in [5.41, 5.74) is 9.45. The molecule has 2 aromatic rings. The number of nitrogens with one attached hydrogen (secondary N) is 2. The fourth-order valence-electron chi connectivity index (χ4n) is 1.91. The maximum absolute atomic E-state index is 3.99. The maximum atomic E-state index is 3.99. The number of nitrogens with zero attached hydrogens (tertiary/aromatic N) is 2. The Bertz CT molecular complexity index is 584. The Morgan fingerprint density at radius 1 is 0.810 bits per heavy atom. The van der Waals surface area contributed by atoms with Crippen molar-refractivity contribution in [1.29, 1.82) is 0 Å². The molecule has 1 aromatic heterocycles. The van der Waals surface area contributed by atoms with E-state index in [4.69, 9.17) is 0 Å². The van der Waals surface area contributed by atoms with Crippen molar-refractivity contribution in [2.24, 2.45) is 0 Å². The second-order valence-electron chi connectivity index (χ2n) is 4.37. The maximum Gasteiger partial charge on any atom is 0.0702 e. The van der Waals surface area contributed by atoms with E-state index >= 15 is 0 Å². The van der Waals surface area contributed by atoms with E-state index in [2.05, 4.69) is 52.3 Å². The largest absolute Gasteiger partial charge is 0.265 e. The van der Waals surface area contributed by atoms with Gasteiger partial charge in [0.15, 0.2) is 0 Å². The lowest BCUT2D eigenvalue weighted by Gasteiger charge is -2.21. The monoisotopic (exact) mass is 280 g/mol. The predicted molar refractivity (Wildman–Crippen MR) is 89.3 cm³/mol. The summed E-state index contributed by atoms with van der Waals surface area (Å²) in [5, 5.41) is 1.84. The Labute approximate surface area is 125 Å². The molecule has 0 radical (unpaired) electrons. The third-order valence-electron chi connectivity index (χ3n) is 2.99. The molecule has 1 heterocycles. The molecule has 4 nitrogen and oxygen atoms in total. The number of benzene rings is 1. The van der Waals surface area contributed by atoms with E-state index in [0.717, 1.165) is 16.8 Å². The highest BCUT2D eigenvalue weighted by Crippen LogP contribution is 2.13. The lowest BCUT2D eigenvalue weighted by atomic mass is 10.2. The minimum Gasteiger partial charge on any atom is -0.265 e. The van der Waals surface area contributed by atoms with Gasteiger partial charge in [0, 0.05) is 26.5 Å². The van der Waals surface area contributed by atoms with Gasteiger partial charge in [-0.1, -0.05) is 36.4 Å². The fraction of sp³-hybridized carbons (Fsp3) is 0.118. The molecule has 108 valence electrons. The zero-order chi connectivity index (χ0) is 14.9.